The lowest BCUT2D eigenvalue weighted by Gasteiger charge is -2.25. The van der Waals surface area contributed by atoms with Crippen LogP contribution in [0.5, 0.6) is 17.2 Å². The fraction of sp³-hybridized carbons (Fsp3) is 0.333. The number of rotatable bonds is 12. The van der Waals surface area contributed by atoms with E-state index in [9.17, 15) is 18.3 Å². The average molecular weight is 670 g/mol. The van der Waals surface area contributed by atoms with Crippen LogP contribution in [0.2, 0.25) is 0 Å². The first kappa shape index (κ1) is 32.7. The smallest absolute Gasteiger partial charge is 0.347 e. The monoisotopic (exact) mass is 669 g/mol. The van der Waals surface area contributed by atoms with Gasteiger partial charge in [0, 0.05) is 25.2 Å². The molecule has 0 fully saturated rings. The van der Waals surface area contributed by atoms with Crippen molar-refractivity contribution in [2.45, 2.75) is 44.2 Å². The number of benzene rings is 2. The zero-order valence-corrected chi connectivity index (χ0v) is 27.4. The van der Waals surface area contributed by atoms with Gasteiger partial charge in [0.05, 0.1) is 31.9 Å². The van der Waals surface area contributed by atoms with Crippen LogP contribution in [0.15, 0.2) is 41.3 Å². The van der Waals surface area contributed by atoms with Gasteiger partial charge in [-0.15, -0.1) is 0 Å². The van der Waals surface area contributed by atoms with Crippen molar-refractivity contribution in [2.75, 3.05) is 43.4 Å². The van der Waals surface area contributed by atoms with E-state index in [0.29, 0.717) is 65.8 Å². The first-order valence-electron chi connectivity index (χ1n) is 14.3. The lowest BCUT2D eigenvalue weighted by molar-refractivity contribution is 0.0701. The number of hydrogen-bond donors (Lipinski definition) is 4. The third-order valence-electron chi connectivity index (χ3n) is 7.41. The van der Waals surface area contributed by atoms with Gasteiger partial charge in [0.2, 0.25) is 21.7 Å². The van der Waals surface area contributed by atoms with Gasteiger partial charge < -0.3 is 29.5 Å². The number of aromatic nitrogens is 3. The molecule has 16 heteroatoms. The molecule has 0 saturated heterocycles. The number of aromatic carboxylic acids is 1. The molecular weight excluding hydrogens is 635 g/mol. The largest absolute Gasteiger partial charge is 0.493 e. The number of primary sulfonamides is 1. The number of thiazole rings is 1. The number of ether oxygens (including phenoxy) is 3. The minimum Gasteiger partial charge on any atom is -0.493 e. The summed E-state index contributed by atoms with van der Waals surface area (Å²) in [5, 5.41) is 21.7. The standard InChI is InChI=1S/C30H35N7O7S2/c1-17-25(28(38)39)45-30(33-17)36-29-34-26(32-15-19-13-22(42-2)24(44-4)23(14-19)43-3)21-7-5-6-12-37(27(21)35-29)16-18-8-10-20(11-9-18)46(31,40)41/h8-11,13-14H,5-7,12,15-16H2,1-4H3,(H,38,39)(H2,31,40,41)(H2,32,33,34,35,36). The van der Waals surface area contributed by atoms with E-state index >= 15 is 0 Å². The van der Waals surface area contributed by atoms with Crippen molar-refractivity contribution in [3.63, 3.8) is 0 Å². The minimum absolute atomic E-state index is 0.0408. The Morgan fingerprint density at radius 3 is 2.30 bits per heavy atom. The molecule has 0 unspecified atom stereocenters. The van der Waals surface area contributed by atoms with E-state index in [1.807, 2.05) is 12.1 Å². The van der Waals surface area contributed by atoms with Crippen LogP contribution in [0.3, 0.4) is 0 Å². The molecule has 5 N–H and O–H groups in total. The fourth-order valence-corrected chi connectivity index (χ4v) is 6.52. The maximum Gasteiger partial charge on any atom is 0.347 e. The van der Waals surface area contributed by atoms with Gasteiger partial charge in [-0.25, -0.2) is 23.3 Å². The summed E-state index contributed by atoms with van der Waals surface area (Å²) in [6.45, 7) is 3.16. The number of methoxy groups -OCH3 is 3. The normalized spacial score (nSPS) is 13.0. The number of nitrogens with one attached hydrogen (secondary N) is 2. The predicted octanol–water partition coefficient (Wildman–Crippen LogP) is 4.31. The summed E-state index contributed by atoms with van der Waals surface area (Å²) in [7, 11) is 0.855. The van der Waals surface area contributed by atoms with Crippen LogP contribution in [0.25, 0.3) is 0 Å². The van der Waals surface area contributed by atoms with Gasteiger partial charge in [-0.1, -0.05) is 23.5 Å². The van der Waals surface area contributed by atoms with Gasteiger partial charge in [-0.2, -0.15) is 9.97 Å². The molecule has 244 valence electrons. The molecule has 2 aromatic heterocycles. The van der Waals surface area contributed by atoms with Gasteiger partial charge in [0.15, 0.2) is 16.6 Å². The number of carbonyl (C=O) groups is 1. The fourth-order valence-electron chi connectivity index (χ4n) is 5.20. The van der Waals surface area contributed by atoms with E-state index in [1.54, 1.807) is 40.4 Å². The second-order valence-corrected chi connectivity index (χ2v) is 13.1. The number of hydrogen-bond acceptors (Lipinski definition) is 13. The Balaban J connectivity index is 1.53. The molecule has 0 bridgehead atoms. The lowest BCUT2D eigenvalue weighted by Crippen LogP contribution is -2.25. The van der Waals surface area contributed by atoms with Crippen molar-refractivity contribution in [1.82, 2.24) is 15.0 Å². The van der Waals surface area contributed by atoms with Crippen LogP contribution in [-0.4, -0.2) is 62.3 Å². The van der Waals surface area contributed by atoms with Crippen molar-refractivity contribution < 1.29 is 32.5 Å². The molecular formula is C30H35N7O7S2. The minimum atomic E-state index is -3.81. The summed E-state index contributed by atoms with van der Waals surface area (Å²) < 4.78 is 40.1. The molecule has 0 saturated carbocycles. The average Bonchev–Trinajstić information content (AvgIpc) is 3.28. The molecule has 0 amide bonds. The number of nitrogens with two attached hydrogens (primary N) is 1. The summed E-state index contributed by atoms with van der Waals surface area (Å²) in [6.07, 6.45) is 2.51. The topological polar surface area (TPSA) is 191 Å². The quantitative estimate of drug-likeness (QED) is 0.167. The van der Waals surface area contributed by atoms with Gasteiger partial charge in [0.1, 0.15) is 16.5 Å². The van der Waals surface area contributed by atoms with Crippen LogP contribution >= 0.6 is 11.3 Å². The molecule has 1 aliphatic rings. The number of carboxylic acid groups (broad SMARTS) is 1. The first-order valence-corrected chi connectivity index (χ1v) is 16.6. The molecule has 46 heavy (non-hydrogen) atoms. The number of anilines is 4. The Morgan fingerprint density at radius 2 is 1.72 bits per heavy atom. The highest BCUT2D eigenvalue weighted by Gasteiger charge is 2.24. The summed E-state index contributed by atoms with van der Waals surface area (Å²) in [6, 6.07) is 10.2. The van der Waals surface area contributed by atoms with Crippen molar-refractivity contribution in [1.29, 1.82) is 0 Å². The number of aryl methyl sites for hydroxylation is 1. The maximum atomic E-state index is 11.8. The number of sulfonamides is 1. The van der Waals surface area contributed by atoms with E-state index in [4.69, 9.17) is 29.3 Å². The molecule has 0 spiro atoms. The Kier molecular flexibility index (Phi) is 9.79. The summed E-state index contributed by atoms with van der Waals surface area (Å²) in [4.78, 5) is 28.0. The SMILES string of the molecule is COc1cc(CNc2nc(Nc3nc(C)c(C(=O)O)s3)nc3c2CCCCN3Cc2ccc(S(N)(=O)=O)cc2)cc(OC)c1OC. The molecule has 0 atom stereocenters. The van der Waals surface area contributed by atoms with Crippen molar-refractivity contribution in [3.05, 3.63) is 63.7 Å². The van der Waals surface area contributed by atoms with Crippen molar-refractivity contribution in [2.24, 2.45) is 5.14 Å². The zero-order valence-electron chi connectivity index (χ0n) is 25.8. The van der Waals surface area contributed by atoms with Crippen LogP contribution < -0.4 is 34.9 Å². The second kappa shape index (κ2) is 13.8. The molecule has 4 aromatic rings. The highest BCUT2D eigenvalue weighted by Crippen LogP contribution is 2.39. The Labute approximate surface area is 270 Å². The zero-order chi connectivity index (χ0) is 33.0. The highest BCUT2D eigenvalue weighted by molar-refractivity contribution is 7.89. The van der Waals surface area contributed by atoms with Crippen LogP contribution in [0.4, 0.5) is 22.7 Å². The first-order chi connectivity index (χ1) is 22.0. The summed E-state index contributed by atoms with van der Waals surface area (Å²) in [5.41, 5.74) is 3.04. The highest BCUT2D eigenvalue weighted by atomic mass is 32.2. The Hall–Kier alpha value is -4.67. The van der Waals surface area contributed by atoms with Crippen LogP contribution in [-0.2, 0) is 29.5 Å². The van der Waals surface area contributed by atoms with E-state index in [-0.39, 0.29) is 15.7 Å². The summed E-state index contributed by atoms with van der Waals surface area (Å²) in [5.74, 6) is 2.02. The van der Waals surface area contributed by atoms with Gasteiger partial charge in [0.25, 0.3) is 0 Å². The number of fused-ring (bicyclic) bond motifs is 1. The Bertz CT molecular complexity index is 1820. The lowest BCUT2D eigenvalue weighted by atomic mass is 10.1. The molecule has 14 nitrogen and oxygen atoms in total. The second-order valence-electron chi connectivity index (χ2n) is 10.5. The third-order valence-corrected chi connectivity index (χ3v) is 9.40. The number of carboxylic acids is 1. The van der Waals surface area contributed by atoms with E-state index in [1.165, 1.54) is 12.1 Å². The molecule has 3 heterocycles. The molecule has 2 aromatic carbocycles. The van der Waals surface area contributed by atoms with Crippen LogP contribution in [0.1, 0.15) is 44.9 Å². The molecule has 5 rings (SSSR count). The van der Waals surface area contributed by atoms with Gasteiger partial charge in [-0.05, 0) is 61.6 Å². The van der Waals surface area contributed by atoms with Gasteiger partial charge in [-0.3, -0.25) is 5.32 Å². The molecule has 0 aliphatic carbocycles. The molecule has 0 radical (unpaired) electrons. The van der Waals surface area contributed by atoms with Gasteiger partial charge >= 0.3 is 5.97 Å². The van der Waals surface area contributed by atoms with E-state index in [2.05, 4.69) is 20.5 Å². The Morgan fingerprint density at radius 1 is 1.02 bits per heavy atom. The predicted molar refractivity (Wildman–Crippen MR) is 174 cm³/mol. The molecule has 1 aliphatic heterocycles. The third kappa shape index (κ3) is 7.24. The van der Waals surface area contributed by atoms with E-state index in [0.717, 1.165) is 40.9 Å². The van der Waals surface area contributed by atoms with Crippen molar-refractivity contribution in [3.8, 4) is 17.2 Å². The number of nitrogens with zero attached hydrogens (tertiary/aromatic N) is 4. The van der Waals surface area contributed by atoms with Crippen LogP contribution in [0, 0.1) is 6.92 Å². The summed E-state index contributed by atoms with van der Waals surface area (Å²) >= 11 is 1.00. The van der Waals surface area contributed by atoms with Crippen molar-refractivity contribution >= 4 is 50.0 Å². The van der Waals surface area contributed by atoms with E-state index < -0.39 is 16.0 Å². The maximum absolute atomic E-state index is 11.8.